The molecule has 30 heavy (non-hydrogen) atoms. The molecule has 0 aliphatic rings. The van der Waals surface area contributed by atoms with Gasteiger partial charge in [-0.3, -0.25) is 14.4 Å². The molecular formula is C24H22N2O4. The molecule has 0 saturated heterocycles. The van der Waals surface area contributed by atoms with Crippen molar-refractivity contribution in [1.82, 2.24) is 4.90 Å². The van der Waals surface area contributed by atoms with Gasteiger partial charge in [-0.05, 0) is 30.3 Å². The van der Waals surface area contributed by atoms with Crippen LogP contribution in [0.1, 0.15) is 26.3 Å². The summed E-state index contributed by atoms with van der Waals surface area (Å²) in [6.45, 7) is -0.0618. The monoisotopic (exact) mass is 402 g/mol. The van der Waals surface area contributed by atoms with Gasteiger partial charge in [-0.15, -0.1) is 0 Å². The van der Waals surface area contributed by atoms with E-state index in [1.54, 1.807) is 86.9 Å². The lowest BCUT2D eigenvalue weighted by molar-refractivity contribution is -0.130. The van der Waals surface area contributed by atoms with Crippen LogP contribution in [0.3, 0.4) is 0 Å². The number of benzene rings is 3. The fraction of sp³-hybridized carbons (Fsp3) is 0.125. The van der Waals surface area contributed by atoms with E-state index in [0.29, 0.717) is 28.1 Å². The van der Waals surface area contributed by atoms with Crippen molar-refractivity contribution in [3.05, 3.63) is 95.6 Å². The van der Waals surface area contributed by atoms with Crippen molar-refractivity contribution in [2.24, 2.45) is 0 Å². The average Bonchev–Trinajstić information content (AvgIpc) is 2.78. The van der Waals surface area contributed by atoms with Crippen LogP contribution in [0, 0.1) is 0 Å². The van der Waals surface area contributed by atoms with Crippen LogP contribution in [-0.2, 0) is 4.79 Å². The fourth-order valence-electron chi connectivity index (χ4n) is 2.73. The third-order valence-electron chi connectivity index (χ3n) is 4.43. The van der Waals surface area contributed by atoms with E-state index in [2.05, 4.69) is 5.32 Å². The molecule has 0 aromatic heterocycles. The molecule has 0 fully saturated rings. The number of carbonyl (C=O) groups excluding carboxylic acids is 3. The van der Waals surface area contributed by atoms with E-state index in [9.17, 15) is 14.4 Å². The molecule has 0 heterocycles. The van der Waals surface area contributed by atoms with Crippen molar-refractivity contribution in [3.63, 3.8) is 0 Å². The molecule has 3 aromatic rings. The van der Waals surface area contributed by atoms with Crippen LogP contribution in [0.15, 0.2) is 78.9 Å². The van der Waals surface area contributed by atoms with Gasteiger partial charge in [0.05, 0.1) is 5.56 Å². The maximum absolute atomic E-state index is 12.8. The van der Waals surface area contributed by atoms with Crippen LogP contribution in [0.2, 0.25) is 0 Å². The zero-order valence-electron chi connectivity index (χ0n) is 16.8. The number of hydrogen-bond donors (Lipinski definition) is 1. The van der Waals surface area contributed by atoms with Crippen LogP contribution in [-0.4, -0.2) is 43.2 Å². The molecule has 0 aliphatic carbocycles. The molecule has 6 nitrogen and oxygen atoms in total. The minimum atomic E-state index is -0.383. The van der Waals surface area contributed by atoms with Gasteiger partial charge in [0.1, 0.15) is 5.75 Å². The van der Waals surface area contributed by atoms with E-state index in [0.717, 1.165) is 0 Å². The smallest absolute Gasteiger partial charge is 0.259 e. The largest absolute Gasteiger partial charge is 0.484 e. The second kappa shape index (κ2) is 9.52. The van der Waals surface area contributed by atoms with Gasteiger partial charge < -0.3 is 15.0 Å². The summed E-state index contributed by atoms with van der Waals surface area (Å²) in [5.41, 5.74) is 1.70. The second-order valence-corrected chi connectivity index (χ2v) is 6.80. The highest BCUT2D eigenvalue weighted by atomic mass is 16.5. The lowest BCUT2D eigenvalue weighted by atomic mass is 9.98. The van der Waals surface area contributed by atoms with E-state index >= 15 is 0 Å². The molecule has 0 spiro atoms. The molecule has 0 bridgehead atoms. The molecule has 0 radical (unpaired) electrons. The highest BCUT2D eigenvalue weighted by Crippen LogP contribution is 2.19. The summed E-state index contributed by atoms with van der Waals surface area (Å²) in [4.78, 5) is 38.7. The summed E-state index contributed by atoms with van der Waals surface area (Å²) in [5, 5.41) is 2.79. The third-order valence-corrected chi connectivity index (χ3v) is 4.43. The van der Waals surface area contributed by atoms with Crippen molar-refractivity contribution in [3.8, 4) is 5.75 Å². The number of likely N-dealkylation sites (N-methyl/N-ethyl adjacent to an activating group) is 1. The number of rotatable bonds is 7. The van der Waals surface area contributed by atoms with Gasteiger partial charge in [-0.25, -0.2) is 0 Å². The molecular weight excluding hydrogens is 380 g/mol. The Hall–Kier alpha value is -3.93. The SMILES string of the molecule is CN(C)C(=O)COc1ccc(NC(=O)c2ccccc2C(=O)c2ccccc2)cc1. The quantitative estimate of drug-likeness (QED) is 0.612. The minimum absolute atomic E-state index is 0.0618. The van der Waals surface area contributed by atoms with Crippen molar-refractivity contribution < 1.29 is 19.1 Å². The summed E-state index contributed by atoms with van der Waals surface area (Å²) >= 11 is 0. The summed E-state index contributed by atoms with van der Waals surface area (Å²) in [6.07, 6.45) is 0. The number of carbonyl (C=O) groups is 3. The van der Waals surface area contributed by atoms with Crippen LogP contribution in [0.25, 0.3) is 0 Å². The van der Waals surface area contributed by atoms with Crippen molar-refractivity contribution >= 4 is 23.3 Å². The normalized spacial score (nSPS) is 10.2. The van der Waals surface area contributed by atoms with Crippen LogP contribution in [0.5, 0.6) is 5.75 Å². The van der Waals surface area contributed by atoms with Crippen LogP contribution in [0.4, 0.5) is 5.69 Å². The van der Waals surface area contributed by atoms with E-state index in [1.807, 2.05) is 6.07 Å². The molecule has 0 atom stereocenters. The van der Waals surface area contributed by atoms with Crippen molar-refractivity contribution in [1.29, 1.82) is 0 Å². The number of hydrogen-bond acceptors (Lipinski definition) is 4. The number of anilines is 1. The van der Waals surface area contributed by atoms with Crippen LogP contribution < -0.4 is 10.1 Å². The van der Waals surface area contributed by atoms with E-state index in [1.165, 1.54) is 4.90 Å². The Kier molecular flexibility index (Phi) is 6.60. The molecule has 0 saturated carbocycles. The molecule has 3 rings (SSSR count). The zero-order chi connectivity index (χ0) is 21.5. The van der Waals surface area contributed by atoms with Gasteiger partial charge in [0, 0.05) is 30.9 Å². The number of nitrogens with one attached hydrogen (secondary N) is 1. The first-order chi connectivity index (χ1) is 14.5. The molecule has 2 amide bonds. The predicted molar refractivity (Wildman–Crippen MR) is 115 cm³/mol. The van der Waals surface area contributed by atoms with Gasteiger partial charge >= 0.3 is 0 Å². The van der Waals surface area contributed by atoms with Gasteiger partial charge in [-0.2, -0.15) is 0 Å². The maximum atomic E-state index is 12.8. The average molecular weight is 402 g/mol. The van der Waals surface area contributed by atoms with Crippen molar-refractivity contribution in [2.75, 3.05) is 26.0 Å². The molecule has 0 unspecified atom stereocenters. The number of amides is 2. The summed E-state index contributed by atoms with van der Waals surface area (Å²) in [5.74, 6) is -0.225. The maximum Gasteiger partial charge on any atom is 0.259 e. The predicted octanol–water partition coefficient (Wildman–Crippen LogP) is 3.64. The Morgan fingerprint density at radius 3 is 2.03 bits per heavy atom. The summed E-state index contributed by atoms with van der Waals surface area (Å²) in [7, 11) is 3.31. The number of nitrogens with zero attached hydrogens (tertiary/aromatic N) is 1. The van der Waals surface area contributed by atoms with Gasteiger partial charge in [-0.1, -0.05) is 48.5 Å². The lowest BCUT2D eigenvalue weighted by Crippen LogP contribution is -2.27. The van der Waals surface area contributed by atoms with E-state index in [4.69, 9.17) is 4.74 Å². The standard InChI is InChI=1S/C24H22N2O4/c1-26(2)22(27)16-30-19-14-12-18(13-15-19)25-24(29)21-11-7-6-10-20(21)23(28)17-8-4-3-5-9-17/h3-15H,16H2,1-2H3,(H,25,29). The van der Waals surface area contributed by atoms with Gasteiger partial charge in [0.2, 0.25) is 0 Å². The Balaban J connectivity index is 1.71. The summed E-state index contributed by atoms with van der Waals surface area (Å²) < 4.78 is 5.42. The minimum Gasteiger partial charge on any atom is -0.484 e. The Labute approximate surface area is 175 Å². The highest BCUT2D eigenvalue weighted by molar-refractivity contribution is 6.17. The van der Waals surface area contributed by atoms with Crippen molar-refractivity contribution in [2.45, 2.75) is 0 Å². The third kappa shape index (κ3) is 5.11. The summed E-state index contributed by atoms with van der Waals surface area (Å²) in [6, 6.07) is 22.2. The van der Waals surface area contributed by atoms with E-state index < -0.39 is 0 Å². The molecule has 6 heteroatoms. The van der Waals surface area contributed by atoms with Gasteiger partial charge in [0.25, 0.3) is 11.8 Å². The zero-order valence-corrected chi connectivity index (χ0v) is 16.8. The highest BCUT2D eigenvalue weighted by Gasteiger charge is 2.18. The topological polar surface area (TPSA) is 75.7 Å². The van der Waals surface area contributed by atoms with Gasteiger partial charge in [0.15, 0.2) is 12.4 Å². The first-order valence-electron chi connectivity index (χ1n) is 9.39. The molecule has 152 valence electrons. The fourth-order valence-corrected chi connectivity index (χ4v) is 2.73. The molecule has 3 aromatic carbocycles. The Bertz CT molecular complexity index is 1040. The second-order valence-electron chi connectivity index (χ2n) is 6.80. The van der Waals surface area contributed by atoms with E-state index in [-0.39, 0.29) is 24.2 Å². The first-order valence-corrected chi connectivity index (χ1v) is 9.39. The molecule has 0 aliphatic heterocycles. The Morgan fingerprint density at radius 1 is 0.800 bits per heavy atom. The van der Waals surface area contributed by atoms with Crippen LogP contribution >= 0.6 is 0 Å². The Morgan fingerprint density at radius 2 is 1.40 bits per heavy atom. The first kappa shape index (κ1) is 20.8. The molecule has 1 N–H and O–H groups in total. The number of ketones is 1. The number of ether oxygens (including phenoxy) is 1. The lowest BCUT2D eigenvalue weighted by Gasteiger charge is -2.12.